The van der Waals surface area contributed by atoms with E-state index in [0.717, 1.165) is 0 Å². The van der Waals surface area contributed by atoms with Gasteiger partial charge in [0, 0.05) is 0 Å². The molecule has 0 fully saturated rings. The molecule has 70 valence electrons. The van der Waals surface area contributed by atoms with Crippen LogP contribution >= 0.6 is 0 Å². The highest BCUT2D eigenvalue weighted by atomic mass is 14.0. The van der Waals surface area contributed by atoms with Crippen LogP contribution in [0.3, 0.4) is 0 Å². The van der Waals surface area contributed by atoms with Gasteiger partial charge in [0.25, 0.3) is 0 Å². The zero-order valence-electron chi connectivity index (χ0n) is 8.70. The lowest BCUT2D eigenvalue weighted by atomic mass is 9.91. The van der Waals surface area contributed by atoms with E-state index in [2.05, 4.69) is 62.4 Å². The molecule has 0 spiro atoms. The van der Waals surface area contributed by atoms with E-state index in [1.807, 2.05) is 0 Å². The Morgan fingerprint density at radius 1 is 0.667 bits per heavy atom. The van der Waals surface area contributed by atoms with Gasteiger partial charge in [0.2, 0.25) is 0 Å². The Balaban J connectivity index is 2.57. The fourth-order valence-corrected chi connectivity index (χ4v) is 2.12. The van der Waals surface area contributed by atoms with Crippen molar-refractivity contribution in [2.75, 3.05) is 0 Å². The summed E-state index contributed by atoms with van der Waals surface area (Å²) < 4.78 is 0. The Labute approximate surface area is 89.9 Å². The molecule has 0 aliphatic rings. The van der Waals surface area contributed by atoms with E-state index >= 15 is 0 Å². The quantitative estimate of drug-likeness (QED) is 0.376. The maximum atomic E-state index is 2.26. The molecule has 0 saturated carbocycles. The summed E-state index contributed by atoms with van der Waals surface area (Å²) in [4.78, 5) is 0. The minimum absolute atomic E-state index is 1.32. The summed E-state index contributed by atoms with van der Waals surface area (Å²) in [6.07, 6.45) is 0. The molecule has 0 aliphatic heterocycles. The molecule has 3 aromatic carbocycles. The summed E-state index contributed by atoms with van der Waals surface area (Å²) in [6, 6.07) is 19.5. The van der Waals surface area contributed by atoms with Gasteiger partial charge in [0.1, 0.15) is 7.85 Å². The number of benzene rings is 3. The Morgan fingerprint density at radius 2 is 1.33 bits per heavy atom. The first-order valence-electron chi connectivity index (χ1n) is 5.23. The number of fused-ring (bicyclic) bond motifs is 3. The SMILES string of the molecule is Bc1ccc2ccc3ccccc3c2c1. The molecule has 0 heterocycles. The van der Waals surface area contributed by atoms with Crippen molar-refractivity contribution in [1.82, 2.24) is 0 Å². The van der Waals surface area contributed by atoms with Gasteiger partial charge in [-0.25, -0.2) is 0 Å². The molecule has 0 radical (unpaired) electrons. The highest BCUT2D eigenvalue weighted by Gasteiger charge is 1.99. The van der Waals surface area contributed by atoms with Crippen molar-refractivity contribution in [2.45, 2.75) is 0 Å². The van der Waals surface area contributed by atoms with Crippen LogP contribution in [0.4, 0.5) is 0 Å². The third-order valence-electron chi connectivity index (χ3n) is 2.90. The first-order valence-corrected chi connectivity index (χ1v) is 5.23. The van der Waals surface area contributed by atoms with Crippen molar-refractivity contribution >= 4 is 34.9 Å². The number of hydrogen-bond acceptors (Lipinski definition) is 0. The second kappa shape index (κ2) is 3.13. The van der Waals surface area contributed by atoms with Crippen LogP contribution < -0.4 is 5.46 Å². The van der Waals surface area contributed by atoms with Crippen molar-refractivity contribution < 1.29 is 0 Å². The summed E-state index contributed by atoms with van der Waals surface area (Å²) in [5.74, 6) is 0. The number of hydrogen-bond donors (Lipinski definition) is 0. The van der Waals surface area contributed by atoms with Crippen molar-refractivity contribution in [3.8, 4) is 0 Å². The minimum atomic E-state index is 1.32. The van der Waals surface area contributed by atoms with E-state index in [0.29, 0.717) is 0 Å². The molecule has 0 saturated heterocycles. The maximum Gasteiger partial charge on any atom is 0.139 e. The zero-order valence-corrected chi connectivity index (χ0v) is 8.70. The maximum absolute atomic E-state index is 2.26. The van der Waals surface area contributed by atoms with E-state index in [1.54, 1.807) is 0 Å². The largest absolute Gasteiger partial charge is 0.139 e. The van der Waals surface area contributed by atoms with Crippen LogP contribution in [0.5, 0.6) is 0 Å². The summed E-state index contributed by atoms with van der Waals surface area (Å²) in [7, 11) is 2.14. The van der Waals surface area contributed by atoms with Gasteiger partial charge in [-0.15, -0.1) is 0 Å². The normalized spacial score (nSPS) is 10.9. The summed E-state index contributed by atoms with van der Waals surface area (Å²) in [5, 5.41) is 5.33. The predicted molar refractivity (Wildman–Crippen MR) is 69.6 cm³/mol. The Morgan fingerprint density at radius 3 is 2.20 bits per heavy atom. The molecule has 0 bridgehead atoms. The fourth-order valence-electron chi connectivity index (χ4n) is 2.12. The lowest BCUT2D eigenvalue weighted by Gasteiger charge is -2.04. The predicted octanol–water partition coefficient (Wildman–Crippen LogP) is 2.25. The molecule has 3 rings (SSSR count). The molecule has 1 heteroatoms. The average Bonchev–Trinajstić information content (AvgIpc) is 2.29. The summed E-state index contributed by atoms with van der Waals surface area (Å²) in [6.45, 7) is 0. The minimum Gasteiger partial charge on any atom is -0.0883 e. The van der Waals surface area contributed by atoms with Gasteiger partial charge in [0.05, 0.1) is 0 Å². The van der Waals surface area contributed by atoms with Gasteiger partial charge < -0.3 is 0 Å². The van der Waals surface area contributed by atoms with E-state index in [9.17, 15) is 0 Å². The van der Waals surface area contributed by atoms with Gasteiger partial charge >= 0.3 is 0 Å². The first kappa shape index (κ1) is 8.54. The van der Waals surface area contributed by atoms with Crippen LogP contribution in [0.2, 0.25) is 0 Å². The summed E-state index contributed by atoms with van der Waals surface area (Å²) >= 11 is 0. The smallest absolute Gasteiger partial charge is 0.0883 e. The van der Waals surface area contributed by atoms with E-state index < -0.39 is 0 Å². The van der Waals surface area contributed by atoms with Gasteiger partial charge in [0.15, 0.2) is 0 Å². The van der Waals surface area contributed by atoms with Gasteiger partial charge in [-0.1, -0.05) is 60.1 Å². The van der Waals surface area contributed by atoms with Crippen molar-refractivity contribution in [1.29, 1.82) is 0 Å². The topological polar surface area (TPSA) is 0 Å². The molecule has 0 aliphatic carbocycles. The molecular formula is C14H11B. The lowest BCUT2D eigenvalue weighted by Crippen LogP contribution is -1.99. The van der Waals surface area contributed by atoms with Crippen molar-refractivity contribution in [2.24, 2.45) is 0 Å². The zero-order chi connectivity index (χ0) is 10.3. The Kier molecular flexibility index (Phi) is 1.78. The molecule has 0 unspecified atom stereocenters. The third-order valence-corrected chi connectivity index (χ3v) is 2.90. The highest BCUT2D eigenvalue weighted by Crippen LogP contribution is 2.23. The Bertz CT molecular complexity index is 641. The van der Waals surface area contributed by atoms with Crippen LogP contribution in [0.25, 0.3) is 21.5 Å². The molecule has 3 aromatic rings. The first-order chi connectivity index (χ1) is 7.34. The summed E-state index contributed by atoms with van der Waals surface area (Å²) in [5.41, 5.74) is 1.32. The molecule has 0 N–H and O–H groups in total. The average molecular weight is 190 g/mol. The second-order valence-electron chi connectivity index (χ2n) is 4.01. The van der Waals surface area contributed by atoms with Gasteiger partial charge in [-0.2, -0.15) is 0 Å². The van der Waals surface area contributed by atoms with Crippen molar-refractivity contribution in [3.05, 3.63) is 54.6 Å². The lowest BCUT2D eigenvalue weighted by molar-refractivity contribution is 1.79. The Hall–Kier alpha value is -1.76. The fraction of sp³-hybridized carbons (Fsp3) is 0. The third kappa shape index (κ3) is 1.32. The molecular weight excluding hydrogens is 179 g/mol. The van der Waals surface area contributed by atoms with Crippen LogP contribution in [-0.2, 0) is 0 Å². The molecule has 15 heavy (non-hydrogen) atoms. The van der Waals surface area contributed by atoms with Crippen LogP contribution in [-0.4, -0.2) is 7.85 Å². The van der Waals surface area contributed by atoms with E-state index in [1.165, 1.54) is 27.0 Å². The highest BCUT2D eigenvalue weighted by molar-refractivity contribution is 6.33. The van der Waals surface area contributed by atoms with E-state index in [-0.39, 0.29) is 0 Å². The van der Waals surface area contributed by atoms with Gasteiger partial charge in [-0.05, 0) is 21.5 Å². The standard InChI is InChI=1S/C14H11B/c15-12-8-7-11-6-5-10-3-1-2-4-13(10)14(11)9-12/h1-9H,15H2. The molecule has 0 amide bonds. The van der Waals surface area contributed by atoms with Crippen molar-refractivity contribution in [3.63, 3.8) is 0 Å². The molecule has 0 aromatic heterocycles. The number of rotatable bonds is 0. The van der Waals surface area contributed by atoms with Crippen LogP contribution in [0.15, 0.2) is 54.6 Å². The monoisotopic (exact) mass is 190 g/mol. The van der Waals surface area contributed by atoms with Crippen LogP contribution in [0, 0.1) is 0 Å². The van der Waals surface area contributed by atoms with E-state index in [4.69, 9.17) is 0 Å². The molecule has 0 nitrogen and oxygen atoms in total. The molecule has 0 atom stereocenters. The van der Waals surface area contributed by atoms with Gasteiger partial charge in [-0.3, -0.25) is 0 Å². The second-order valence-corrected chi connectivity index (χ2v) is 4.01. The van der Waals surface area contributed by atoms with Crippen LogP contribution in [0.1, 0.15) is 0 Å².